The van der Waals surface area contributed by atoms with Gasteiger partial charge in [-0.15, -0.1) is 0 Å². The van der Waals surface area contributed by atoms with Crippen molar-refractivity contribution < 1.29 is 13.0 Å². The van der Waals surface area contributed by atoms with Crippen LogP contribution in [0.25, 0.3) is 0 Å². The lowest BCUT2D eigenvalue weighted by atomic mass is 10.3. The number of hydrogen-bond acceptors (Lipinski definition) is 2. The number of halogens is 3. The number of rotatable bonds is 5. The number of unbranched alkanes of at least 4 members (excludes halogenated alkanes) is 1. The lowest BCUT2D eigenvalue weighted by Crippen LogP contribution is -2.05. The van der Waals surface area contributed by atoms with Gasteiger partial charge in [-0.1, -0.05) is 67.8 Å². The molecular weight excluding hydrogens is 521 g/mol. The van der Waals surface area contributed by atoms with Gasteiger partial charge in [0.1, 0.15) is -0.565 Å². The molecule has 0 atom stereocenters. The van der Waals surface area contributed by atoms with Crippen LogP contribution in [0, 0.1) is 0 Å². The molecule has 0 saturated heterocycles. The standard InChI is InChI=1S/C5H9I3O3S/c6-5(7,8)3-1-2-4-12(9,10)11/h1-4H2,(H,9,10,11). The SMILES string of the molecule is O=S(=O)(O)CCCCC(I)(I)I. The fourth-order valence-electron chi connectivity index (χ4n) is 0.610. The highest BCUT2D eigenvalue weighted by molar-refractivity contribution is 14.3. The van der Waals surface area contributed by atoms with Crippen molar-refractivity contribution in [2.75, 3.05) is 5.75 Å². The van der Waals surface area contributed by atoms with Crippen molar-refractivity contribution in [2.24, 2.45) is 0 Å². The van der Waals surface area contributed by atoms with Crippen LogP contribution in [-0.2, 0) is 10.1 Å². The molecule has 0 fully saturated rings. The molecule has 0 aliphatic heterocycles. The first-order valence-electron chi connectivity index (χ1n) is 3.23. The van der Waals surface area contributed by atoms with Gasteiger partial charge in [-0.2, -0.15) is 8.42 Å². The van der Waals surface area contributed by atoms with E-state index in [1.165, 1.54) is 0 Å². The van der Waals surface area contributed by atoms with E-state index in [2.05, 4.69) is 67.8 Å². The molecule has 0 aromatic heterocycles. The predicted octanol–water partition coefficient (Wildman–Crippen LogP) is 3.00. The summed E-state index contributed by atoms with van der Waals surface area (Å²) < 4.78 is 29.2. The molecule has 74 valence electrons. The lowest BCUT2D eigenvalue weighted by molar-refractivity contribution is 0.480. The van der Waals surface area contributed by atoms with Gasteiger partial charge >= 0.3 is 0 Å². The zero-order valence-electron chi connectivity index (χ0n) is 6.13. The van der Waals surface area contributed by atoms with E-state index in [-0.39, 0.29) is 5.19 Å². The molecule has 0 heterocycles. The molecular formula is C5H9I3O3S. The van der Waals surface area contributed by atoms with Crippen LogP contribution in [0.1, 0.15) is 19.3 Å². The van der Waals surface area contributed by atoms with Crippen LogP contribution in [-0.4, -0.2) is 18.2 Å². The Hall–Kier alpha value is 2.10. The van der Waals surface area contributed by atoms with Crippen LogP contribution in [0.3, 0.4) is 0 Å². The van der Waals surface area contributed by atoms with Crippen molar-refractivity contribution in [3.63, 3.8) is 0 Å². The zero-order chi connectivity index (χ0) is 9.83. The summed E-state index contributed by atoms with van der Waals surface area (Å²) in [6.07, 6.45) is 2.31. The van der Waals surface area contributed by atoms with Crippen LogP contribution in [0.2, 0.25) is 0 Å². The molecule has 0 bridgehead atoms. The highest BCUT2D eigenvalue weighted by atomic mass is 127. The average Bonchev–Trinajstić information content (AvgIpc) is 1.76. The van der Waals surface area contributed by atoms with Gasteiger partial charge in [0.05, 0.1) is 5.75 Å². The Morgan fingerprint density at radius 3 is 2.00 bits per heavy atom. The van der Waals surface area contributed by atoms with Crippen LogP contribution >= 0.6 is 67.8 Å². The lowest BCUT2D eigenvalue weighted by Gasteiger charge is -2.10. The molecule has 0 aromatic carbocycles. The minimum absolute atomic E-state index is 0.118. The van der Waals surface area contributed by atoms with E-state index in [4.69, 9.17) is 4.55 Å². The molecule has 7 heteroatoms. The van der Waals surface area contributed by atoms with Crippen molar-refractivity contribution in [3.05, 3.63) is 0 Å². The summed E-state index contributed by atoms with van der Waals surface area (Å²) in [5.41, 5.74) is 0. The first kappa shape index (κ1) is 14.1. The molecule has 0 aliphatic carbocycles. The van der Waals surface area contributed by atoms with Crippen molar-refractivity contribution in [1.82, 2.24) is 0 Å². The summed E-state index contributed by atoms with van der Waals surface area (Å²) >= 11 is 6.90. The third kappa shape index (κ3) is 12.1. The Morgan fingerprint density at radius 2 is 1.67 bits per heavy atom. The molecule has 0 aromatic rings. The second kappa shape index (κ2) is 5.85. The smallest absolute Gasteiger partial charge is 0.264 e. The van der Waals surface area contributed by atoms with E-state index >= 15 is 0 Å². The largest absolute Gasteiger partial charge is 0.286 e. The maximum Gasteiger partial charge on any atom is 0.264 e. The van der Waals surface area contributed by atoms with Crippen molar-refractivity contribution >= 4 is 77.9 Å². The molecule has 0 amide bonds. The summed E-state index contributed by atoms with van der Waals surface area (Å²) in [6.45, 7) is 0. The van der Waals surface area contributed by atoms with Gasteiger partial charge in [0.2, 0.25) is 0 Å². The molecule has 0 unspecified atom stereocenters. The summed E-state index contributed by atoms with van der Waals surface area (Å²) in [4.78, 5) is 0. The molecule has 0 rings (SSSR count). The van der Waals surface area contributed by atoms with Crippen LogP contribution in [0.15, 0.2) is 0 Å². The highest BCUT2D eigenvalue weighted by Gasteiger charge is 2.16. The molecule has 0 aliphatic rings. The van der Waals surface area contributed by atoms with Crippen LogP contribution in [0.4, 0.5) is 0 Å². The van der Waals surface area contributed by atoms with Gasteiger partial charge in [-0.05, 0) is 19.3 Å². The summed E-state index contributed by atoms with van der Waals surface area (Å²) in [5, 5.41) is 0. The van der Waals surface area contributed by atoms with Crippen LogP contribution in [0.5, 0.6) is 0 Å². The highest BCUT2D eigenvalue weighted by Crippen LogP contribution is 2.40. The quantitative estimate of drug-likeness (QED) is 0.258. The Kier molecular flexibility index (Phi) is 6.88. The number of hydrogen-bond donors (Lipinski definition) is 1. The number of alkyl halides is 3. The van der Waals surface area contributed by atoms with Gasteiger partial charge < -0.3 is 0 Å². The van der Waals surface area contributed by atoms with Gasteiger partial charge in [0, 0.05) is 0 Å². The van der Waals surface area contributed by atoms with E-state index in [1.54, 1.807) is 0 Å². The van der Waals surface area contributed by atoms with E-state index in [1.807, 2.05) is 0 Å². The topological polar surface area (TPSA) is 54.4 Å². The van der Waals surface area contributed by atoms with Crippen molar-refractivity contribution in [3.8, 4) is 0 Å². The Morgan fingerprint density at radius 1 is 1.17 bits per heavy atom. The van der Waals surface area contributed by atoms with E-state index in [9.17, 15) is 8.42 Å². The van der Waals surface area contributed by atoms with E-state index in [0.717, 1.165) is 12.8 Å². The Bertz CT molecular complexity index is 219. The molecule has 0 radical (unpaired) electrons. The second-order valence-electron chi connectivity index (χ2n) is 2.36. The molecule has 1 N–H and O–H groups in total. The zero-order valence-corrected chi connectivity index (χ0v) is 13.4. The van der Waals surface area contributed by atoms with Gasteiger partial charge in [0.25, 0.3) is 10.1 Å². The van der Waals surface area contributed by atoms with E-state index in [0.29, 0.717) is 6.42 Å². The third-order valence-electron chi connectivity index (χ3n) is 1.11. The molecule has 3 nitrogen and oxygen atoms in total. The van der Waals surface area contributed by atoms with Crippen LogP contribution < -0.4 is 0 Å². The van der Waals surface area contributed by atoms with Gasteiger partial charge in [0.15, 0.2) is 0 Å². The Balaban J connectivity index is 3.48. The van der Waals surface area contributed by atoms with Crippen molar-refractivity contribution in [2.45, 2.75) is 18.7 Å². The fraction of sp³-hybridized carbons (Fsp3) is 1.00. The minimum atomic E-state index is -3.75. The van der Waals surface area contributed by atoms with Gasteiger partial charge in [-0.3, -0.25) is 4.55 Å². The van der Waals surface area contributed by atoms with Crippen molar-refractivity contribution in [1.29, 1.82) is 0 Å². The molecule has 0 spiro atoms. The summed E-state index contributed by atoms with van der Waals surface area (Å²) in [5.74, 6) is -0.118. The molecule has 0 saturated carbocycles. The first-order valence-corrected chi connectivity index (χ1v) is 8.07. The first-order chi connectivity index (χ1) is 5.21. The monoisotopic (exact) mass is 530 g/mol. The third-order valence-corrected chi connectivity index (χ3v) is 3.54. The maximum absolute atomic E-state index is 10.3. The summed E-state index contributed by atoms with van der Waals surface area (Å²) in [6, 6.07) is 0. The predicted molar refractivity (Wildman–Crippen MR) is 75.1 cm³/mol. The average molecular weight is 530 g/mol. The fourth-order valence-corrected chi connectivity index (χ4v) is 2.32. The maximum atomic E-state index is 10.3. The Labute approximate surface area is 114 Å². The molecule has 12 heavy (non-hydrogen) atoms. The minimum Gasteiger partial charge on any atom is -0.286 e. The van der Waals surface area contributed by atoms with Gasteiger partial charge in [-0.25, -0.2) is 0 Å². The van der Waals surface area contributed by atoms with E-state index < -0.39 is 10.1 Å². The second-order valence-corrected chi connectivity index (χ2v) is 15.6. The normalized spacial score (nSPS) is 13.3. The summed E-state index contributed by atoms with van der Waals surface area (Å²) in [7, 11) is -3.75.